The summed E-state index contributed by atoms with van der Waals surface area (Å²) in [5.41, 5.74) is 5.74. The molecule has 1 fully saturated rings. The maximum Gasteiger partial charge on any atom is 0.0172 e. The third-order valence-corrected chi connectivity index (χ3v) is 4.43. The highest BCUT2D eigenvalue weighted by Gasteiger charge is 2.17. The third kappa shape index (κ3) is 5.79. The summed E-state index contributed by atoms with van der Waals surface area (Å²) in [6.07, 6.45) is 5.11. The van der Waals surface area contributed by atoms with Crippen molar-refractivity contribution in [2.75, 3.05) is 25.4 Å². The Labute approximate surface area is 99.0 Å². The van der Waals surface area contributed by atoms with Gasteiger partial charge in [-0.25, -0.2) is 0 Å². The lowest BCUT2D eigenvalue weighted by atomic mass is 10.1. The Morgan fingerprint density at radius 2 is 2.27 bits per heavy atom. The molecule has 2 nitrogen and oxygen atoms in total. The van der Waals surface area contributed by atoms with Crippen molar-refractivity contribution in [3.63, 3.8) is 0 Å². The highest BCUT2D eigenvalue weighted by atomic mass is 32.2. The number of nitrogens with zero attached hydrogens (tertiary/aromatic N) is 1. The Balaban J connectivity index is 2.05. The number of rotatable bonds is 6. The molecule has 0 bridgehead atoms. The quantitative estimate of drug-likeness (QED) is 0.710. The standard InChI is InChI=1S/C12H26N2S/c1-3-12-10-14(8-9-15-12)7-5-4-6-11(2)13/h11-12H,3-10,13H2,1-2H3. The van der Waals surface area contributed by atoms with Crippen LogP contribution in [0.2, 0.25) is 0 Å². The maximum atomic E-state index is 5.74. The summed E-state index contributed by atoms with van der Waals surface area (Å²) in [6, 6.07) is 0.380. The van der Waals surface area contributed by atoms with Crippen molar-refractivity contribution >= 4 is 11.8 Å². The molecule has 0 aromatic carbocycles. The molecule has 0 amide bonds. The molecule has 3 heteroatoms. The van der Waals surface area contributed by atoms with Crippen LogP contribution in [0.3, 0.4) is 0 Å². The van der Waals surface area contributed by atoms with Gasteiger partial charge in [0.05, 0.1) is 0 Å². The van der Waals surface area contributed by atoms with Crippen LogP contribution in [-0.2, 0) is 0 Å². The Kier molecular flexibility index (Phi) is 6.69. The molecule has 1 aliphatic heterocycles. The first-order chi connectivity index (χ1) is 7.22. The molecule has 1 rings (SSSR count). The summed E-state index contributed by atoms with van der Waals surface area (Å²) in [5, 5.41) is 0.882. The number of unbranched alkanes of at least 4 members (excludes halogenated alkanes) is 1. The van der Waals surface area contributed by atoms with E-state index in [0.717, 1.165) is 5.25 Å². The number of thioether (sulfide) groups is 1. The largest absolute Gasteiger partial charge is 0.328 e. The first-order valence-corrected chi connectivity index (χ1v) is 7.36. The Hall–Kier alpha value is 0.270. The molecule has 2 N–H and O–H groups in total. The van der Waals surface area contributed by atoms with E-state index in [1.54, 1.807) is 0 Å². The lowest BCUT2D eigenvalue weighted by Crippen LogP contribution is -2.38. The van der Waals surface area contributed by atoms with Gasteiger partial charge in [0.1, 0.15) is 0 Å². The van der Waals surface area contributed by atoms with Gasteiger partial charge in [-0.2, -0.15) is 11.8 Å². The maximum absolute atomic E-state index is 5.74. The average molecular weight is 230 g/mol. The summed E-state index contributed by atoms with van der Waals surface area (Å²) in [4.78, 5) is 2.63. The molecular weight excluding hydrogens is 204 g/mol. The van der Waals surface area contributed by atoms with Gasteiger partial charge in [-0.15, -0.1) is 0 Å². The smallest absolute Gasteiger partial charge is 0.0172 e. The summed E-state index contributed by atoms with van der Waals surface area (Å²) >= 11 is 2.15. The number of hydrogen-bond donors (Lipinski definition) is 1. The molecule has 0 spiro atoms. The minimum Gasteiger partial charge on any atom is -0.328 e. The van der Waals surface area contributed by atoms with Gasteiger partial charge < -0.3 is 10.6 Å². The molecule has 0 saturated carbocycles. The van der Waals surface area contributed by atoms with Gasteiger partial charge in [-0.1, -0.05) is 13.3 Å². The Morgan fingerprint density at radius 1 is 1.47 bits per heavy atom. The van der Waals surface area contributed by atoms with Gasteiger partial charge in [-0.05, 0) is 32.7 Å². The Bertz CT molecular complexity index is 162. The van der Waals surface area contributed by atoms with E-state index in [9.17, 15) is 0 Å². The normalized spacial score (nSPS) is 25.4. The molecule has 2 atom stereocenters. The van der Waals surface area contributed by atoms with E-state index in [2.05, 4.69) is 30.5 Å². The van der Waals surface area contributed by atoms with Gasteiger partial charge in [0.25, 0.3) is 0 Å². The first-order valence-electron chi connectivity index (χ1n) is 6.32. The van der Waals surface area contributed by atoms with Crippen LogP contribution >= 0.6 is 11.8 Å². The van der Waals surface area contributed by atoms with Crippen LogP contribution in [0.4, 0.5) is 0 Å². The average Bonchev–Trinajstić information content (AvgIpc) is 2.24. The molecule has 0 radical (unpaired) electrons. The molecule has 2 unspecified atom stereocenters. The van der Waals surface area contributed by atoms with Gasteiger partial charge >= 0.3 is 0 Å². The molecule has 1 saturated heterocycles. The van der Waals surface area contributed by atoms with E-state index in [0.29, 0.717) is 6.04 Å². The van der Waals surface area contributed by atoms with Crippen molar-refractivity contribution in [3.8, 4) is 0 Å². The van der Waals surface area contributed by atoms with Crippen LogP contribution in [0.15, 0.2) is 0 Å². The lowest BCUT2D eigenvalue weighted by Gasteiger charge is -2.31. The fourth-order valence-electron chi connectivity index (χ4n) is 2.03. The minimum atomic E-state index is 0.380. The zero-order chi connectivity index (χ0) is 11.1. The monoisotopic (exact) mass is 230 g/mol. The molecule has 1 heterocycles. The summed E-state index contributed by atoms with van der Waals surface area (Å²) in [6.45, 7) is 8.28. The molecule has 0 aromatic heterocycles. The van der Waals surface area contributed by atoms with E-state index in [1.807, 2.05) is 0 Å². The zero-order valence-electron chi connectivity index (χ0n) is 10.2. The molecular formula is C12H26N2S. The van der Waals surface area contributed by atoms with E-state index in [-0.39, 0.29) is 0 Å². The van der Waals surface area contributed by atoms with Crippen molar-refractivity contribution in [1.82, 2.24) is 4.90 Å². The van der Waals surface area contributed by atoms with Crippen molar-refractivity contribution in [3.05, 3.63) is 0 Å². The van der Waals surface area contributed by atoms with Gasteiger partial charge in [0, 0.05) is 30.1 Å². The predicted molar refractivity (Wildman–Crippen MR) is 70.5 cm³/mol. The van der Waals surface area contributed by atoms with E-state index in [1.165, 1.54) is 51.1 Å². The molecule has 1 aliphatic rings. The fourth-order valence-corrected chi connectivity index (χ4v) is 3.28. The minimum absolute atomic E-state index is 0.380. The number of nitrogens with two attached hydrogens (primary N) is 1. The molecule has 90 valence electrons. The second kappa shape index (κ2) is 7.53. The van der Waals surface area contributed by atoms with Crippen molar-refractivity contribution < 1.29 is 0 Å². The van der Waals surface area contributed by atoms with Gasteiger partial charge in [-0.3, -0.25) is 0 Å². The van der Waals surface area contributed by atoms with Crippen LogP contribution < -0.4 is 5.73 Å². The highest BCUT2D eigenvalue weighted by molar-refractivity contribution is 8.00. The van der Waals surface area contributed by atoms with Crippen LogP contribution in [-0.4, -0.2) is 41.6 Å². The Morgan fingerprint density at radius 3 is 2.93 bits per heavy atom. The lowest BCUT2D eigenvalue weighted by molar-refractivity contribution is 0.273. The van der Waals surface area contributed by atoms with Gasteiger partial charge in [0.2, 0.25) is 0 Å². The molecule has 0 aliphatic carbocycles. The number of hydrogen-bond acceptors (Lipinski definition) is 3. The second-order valence-corrected chi connectivity index (χ2v) is 6.08. The fraction of sp³-hybridized carbons (Fsp3) is 1.00. The van der Waals surface area contributed by atoms with Crippen molar-refractivity contribution in [2.45, 2.75) is 50.8 Å². The van der Waals surface area contributed by atoms with Crippen molar-refractivity contribution in [1.29, 1.82) is 0 Å². The summed E-state index contributed by atoms with van der Waals surface area (Å²) < 4.78 is 0. The van der Waals surface area contributed by atoms with E-state index >= 15 is 0 Å². The van der Waals surface area contributed by atoms with Gasteiger partial charge in [0.15, 0.2) is 0 Å². The third-order valence-electron chi connectivity index (χ3n) is 3.06. The summed E-state index contributed by atoms with van der Waals surface area (Å²) in [7, 11) is 0. The highest BCUT2D eigenvalue weighted by Crippen LogP contribution is 2.21. The molecule has 0 aromatic rings. The summed E-state index contributed by atoms with van der Waals surface area (Å²) in [5.74, 6) is 1.33. The van der Waals surface area contributed by atoms with Crippen LogP contribution in [0.1, 0.15) is 39.5 Å². The second-order valence-electron chi connectivity index (χ2n) is 4.67. The van der Waals surface area contributed by atoms with Crippen LogP contribution in [0.5, 0.6) is 0 Å². The SMILES string of the molecule is CCC1CN(CCCCC(C)N)CCS1. The first kappa shape index (κ1) is 13.3. The van der Waals surface area contributed by atoms with E-state index < -0.39 is 0 Å². The van der Waals surface area contributed by atoms with Crippen molar-refractivity contribution in [2.24, 2.45) is 5.73 Å². The van der Waals surface area contributed by atoms with Crippen LogP contribution in [0, 0.1) is 0 Å². The zero-order valence-corrected chi connectivity index (χ0v) is 11.1. The van der Waals surface area contributed by atoms with E-state index in [4.69, 9.17) is 5.73 Å². The predicted octanol–water partition coefficient (Wildman–Crippen LogP) is 2.33. The topological polar surface area (TPSA) is 29.3 Å². The van der Waals surface area contributed by atoms with Crippen LogP contribution in [0.25, 0.3) is 0 Å². The molecule has 15 heavy (non-hydrogen) atoms.